The second-order valence-corrected chi connectivity index (χ2v) is 24.7. The van der Waals surface area contributed by atoms with Crippen LogP contribution < -0.4 is 0 Å². The molecule has 0 aromatic rings. The smallest absolute Gasteiger partial charge is 0.474 e. The lowest BCUT2D eigenvalue weighted by Gasteiger charge is -2.47. The SMILES string of the molecule is CC[Si]1(C)O[Si](C)(CC)O[Si](C)(OC(C)=O)O[Si](C)(OC(C)=O)O[Si](C)(CC)O1. The number of rotatable bonds is 5. The van der Waals surface area contributed by atoms with Gasteiger partial charge in [-0.25, -0.2) is 0 Å². The second kappa shape index (κ2) is 9.53. The standard InChI is InChI=1S/C15H36O9Si5/c1-11-25(6)20-26(7,12-2)22-28(9,18-14(4)16)24-29(10,19-15(5)17)23-27(8,13-3)21-25/h11-13H2,1-10H3. The molecule has 0 spiro atoms. The molecule has 4 unspecified atom stereocenters. The van der Waals surface area contributed by atoms with E-state index >= 15 is 0 Å². The van der Waals surface area contributed by atoms with Crippen molar-refractivity contribution in [2.45, 2.75) is 85.5 Å². The fourth-order valence-corrected chi connectivity index (χ4v) is 27.3. The van der Waals surface area contributed by atoms with Crippen molar-refractivity contribution in [1.29, 1.82) is 0 Å². The first-order valence-corrected chi connectivity index (χ1v) is 22.0. The Morgan fingerprint density at radius 2 is 0.862 bits per heavy atom. The highest BCUT2D eigenvalue weighted by Gasteiger charge is 2.61. The van der Waals surface area contributed by atoms with Crippen molar-refractivity contribution < 1.29 is 39.0 Å². The van der Waals surface area contributed by atoms with Gasteiger partial charge in [0.15, 0.2) is 0 Å². The lowest BCUT2D eigenvalue weighted by Crippen LogP contribution is -2.68. The zero-order chi connectivity index (χ0) is 22.7. The van der Waals surface area contributed by atoms with Gasteiger partial charge in [0.05, 0.1) is 0 Å². The molecule has 0 aromatic carbocycles. The summed E-state index contributed by atoms with van der Waals surface area (Å²) in [5.41, 5.74) is 0. The Bertz CT molecular complexity index is 579. The molecule has 0 amide bonds. The fourth-order valence-electron chi connectivity index (χ4n) is 3.18. The molecule has 0 radical (unpaired) electrons. The molecule has 0 aliphatic carbocycles. The Morgan fingerprint density at radius 3 is 1.10 bits per heavy atom. The van der Waals surface area contributed by atoms with Gasteiger partial charge in [0.2, 0.25) is 0 Å². The van der Waals surface area contributed by atoms with E-state index in [1.807, 2.05) is 40.4 Å². The van der Waals surface area contributed by atoms with Crippen LogP contribution in [0, 0.1) is 0 Å². The van der Waals surface area contributed by atoms with E-state index in [1.54, 1.807) is 13.1 Å². The van der Waals surface area contributed by atoms with Crippen LogP contribution in [0.2, 0.25) is 50.9 Å². The van der Waals surface area contributed by atoms with Crippen molar-refractivity contribution in [2.75, 3.05) is 0 Å². The van der Waals surface area contributed by atoms with Crippen LogP contribution in [0.4, 0.5) is 0 Å². The molecule has 170 valence electrons. The lowest BCUT2D eigenvalue weighted by atomic mass is 10.9. The molecule has 1 heterocycles. The van der Waals surface area contributed by atoms with E-state index in [9.17, 15) is 9.59 Å². The Balaban J connectivity index is 3.60. The molecule has 14 heteroatoms. The van der Waals surface area contributed by atoms with Crippen LogP contribution in [0.15, 0.2) is 0 Å². The van der Waals surface area contributed by atoms with Crippen LogP contribution in [-0.4, -0.2) is 55.2 Å². The molecule has 0 saturated carbocycles. The van der Waals surface area contributed by atoms with Crippen LogP contribution in [-0.2, 0) is 39.0 Å². The molecule has 9 nitrogen and oxygen atoms in total. The summed E-state index contributed by atoms with van der Waals surface area (Å²) in [6.45, 7) is 17.6. The third-order valence-corrected chi connectivity index (χ3v) is 26.1. The Morgan fingerprint density at radius 1 is 0.586 bits per heavy atom. The van der Waals surface area contributed by atoms with Gasteiger partial charge < -0.3 is 29.4 Å². The summed E-state index contributed by atoms with van der Waals surface area (Å²) in [5, 5.41) is 0. The summed E-state index contributed by atoms with van der Waals surface area (Å²) in [5.74, 6) is -1.07. The zero-order valence-corrected chi connectivity index (χ0v) is 24.3. The van der Waals surface area contributed by atoms with Crippen LogP contribution >= 0.6 is 0 Å². The van der Waals surface area contributed by atoms with E-state index in [2.05, 4.69) is 0 Å². The van der Waals surface area contributed by atoms with Crippen LogP contribution in [0.3, 0.4) is 0 Å². The van der Waals surface area contributed by atoms with Crippen molar-refractivity contribution in [3.8, 4) is 0 Å². The molecule has 1 aliphatic rings. The van der Waals surface area contributed by atoms with E-state index in [4.69, 9.17) is 29.4 Å². The lowest BCUT2D eigenvalue weighted by molar-refractivity contribution is -0.136. The largest absolute Gasteiger partial charge is 0.549 e. The number of carbonyl (C=O) groups excluding carboxylic acids is 2. The highest BCUT2D eigenvalue weighted by Crippen LogP contribution is 2.35. The number of hydrogen-bond acceptors (Lipinski definition) is 9. The molecular formula is C15H36O9Si5. The van der Waals surface area contributed by atoms with Crippen molar-refractivity contribution in [1.82, 2.24) is 0 Å². The summed E-state index contributed by atoms with van der Waals surface area (Å²) in [6, 6.07) is 1.93. The van der Waals surface area contributed by atoms with Gasteiger partial charge in [-0.2, -0.15) is 0 Å². The molecular weight excluding hydrogens is 465 g/mol. The maximum atomic E-state index is 11.9. The predicted octanol–water partition coefficient (Wildman–Crippen LogP) is 3.62. The van der Waals surface area contributed by atoms with Crippen LogP contribution in [0.1, 0.15) is 34.6 Å². The average molecular weight is 501 g/mol. The first-order valence-electron chi connectivity index (χ1n) is 9.95. The molecule has 0 bridgehead atoms. The number of hydrogen-bond donors (Lipinski definition) is 0. The van der Waals surface area contributed by atoms with Crippen molar-refractivity contribution in [2.24, 2.45) is 0 Å². The molecule has 1 aliphatic heterocycles. The summed E-state index contributed by atoms with van der Waals surface area (Å²) in [6.07, 6.45) is 0. The van der Waals surface area contributed by atoms with Crippen LogP contribution in [0.25, 0.3) is 0 Å². The first-order chi connectivity index (χ1) is 13.1. The number of carbonyl (C=O) groups is 2. The molecule has 0 aromatic heterocycles. The summed E-state index contributed by atoms with van der Waals surface area (Å²) in [7, 11) is -15.6. The van der Waals surface area contributed by atoms with E-state index in [-0.39, 0.29) is 0 Å². The van der Waals surface area contributed by atoms with Gasteiger partial charge >= 0.3 is 43.3 Å². The fraction of sp³-hybridized carbons (Fsp3) is 0.867. The Labute approximate surface area is 179 Å². The molecule has 0 N–H and O–H groups in total. The van der Waals surface area contributed by atoms with E-state index in [0.717, 1.165) is 0 Å². The van der Waals surface area contributed by atoms with Crippen LogP contribution in [0.5, 0.6) is 0 Å². The van der Waals surface area contributed by atoms with E-state index < -0.39 is 55.2 Å². The maximum absolute atomic E-state index is 11.9. The third kappa shape index (κ3) is 7.78. The Hall–Kier alpha value is -0.176. The maximum Gasteiger partial charge on any atom is 0.549 e. The molecule has 1 fully saturated rings. The summed E-state index contributed by atoms with van der Waals surface area (Å²) in [4.78, 5) is 23.7. The molecule has 29 heavy (non-hydrogen) atoms. The highest BCUT2D eigenvalue weighted by atomic mass is 28.5. The van der Waals surface area contributed by atoms with Gasteiger partial charge in [-0.1, -0.05) is 20.8 Å². The second-order valence-electron chi connectivity index (χ2n) is 7.88. The monoisotopic (exact) mass is 500 g/mol. The van der Waals surface area contributed by atoms with Crippen molar-refractivity contribution in [3.63, 3.8) is 0 Å². The minimum atomic E-state index is -3.61. The quantitative estimate of drug-likeness (QED) is 0.524. The topological polar surface area (TPSA) is 98.8 Å². The third-order valence-electron chi connectivity index (χ3n) is 4.62. The summed E-state index contributed by atoms with van der Waals surface area (Å²) < 4.78 is 43.2. The van der Waals surface area contributed by atoms with Crippen molar-refractivity contribution >= 4 is 55.2 Å². The van der Waals surface area contributed by atoms with E-state index in [1.165, 1.54) is 13.8 Å². The summed E-state index contributed by atoms with van der Waals surface area (Å²) >= 11 is 0. The normalized spacial score (nSPS) is 41.4. The predicted molar refractivity (Wildman–Crippen MR) is 118 cm³/mol. The first kappa shape index (κ1) is 26.9. The minimum absolute atomic E-state index is 0.537. The average Bonchev–Trinajstić information content (AvgIpc) is 2.50. The van der Waals surface area contributed by atoms with Gasteiger partial charge in [-0.15, -0.1) is 0 Å². The van der Waals surface area contributed by atoms with E-state index in [0.29, 0.717) is 18.1 Å². The van der Waals surface area contributed by atoms with Gasteiger partial charge in [0.25, 0.3) is 11.9 Å². The van der Waals surface area contributed by atoms with Gasteiger partial charge in [0.1, 0.15) is 0 Å². The van der Waals surface area contributed by atoms with Gasteiger partial charge in [0, 0.05) is 26.9 Å². The molecule has 1 saturated heterocycles. The highest BCUT2D eigenvalue weighted by molar-refractivity contribution is 6.92. The minimum Gasteiger partial charge on any atom is -0.474 e. The molecule has 4 atom stereocenters. The van der Waals surface area contributed by atoms with Crippen molar-refractivity contribution in [3.05, 3.63) is 0 Å². The van der Waals surface area contributed by atoms with Gasteiger partial charge in [-0.05, 0) is 37.8 Å². The van der Waals surface area contributed by atoms with Gasteiger partial charge in [-0.3, -0.25) is 9.59 Å². The zero-order valence-electron chi connectivity index (χ0n) is 19.3. The Kier molecular flexibility index (Phi) is 8.83. The molecule has 1 rings (SSSR count).